The summed E-state index contributed by atoms with van der Waals surface area (Å²) in [4.78, 5) is 13.4. The molecule has 0 spiro atoms. The Balaban J connectivity index is 2.16. The summed E-state index contributed by atoms with van der Waals surface area (Å²) in [5.74, 6) is 0.599. The van der Waals surface area contributed by atoms with Crippen LogP contribution >= 0.6 is 0 Å². The van der Waals surface area contributed by atoms with E-state index in [0.717, 1.165) is 24.8 Å². The number of aliphatic hydroxyl groups excluding tert-OH is 1. The molecule has 5 heteroatoms. The van der Waals surface area contributed by atoms with Gasteiger partial charge in [-0.25, -0.2) is 4.79 Å². The number of nitrogens with one attached hydrogen (secondary N) is 1. The number of carboxylic acid groups (broad SMARTS) is 1. The van der Waals surface area contributed by atoms with Gasteiger partial charge in [-0.05, 0) is 57.9 Å². The van der Waals surface area contributed by atoms with Gasteiger partial charge in [0.25, 0.3) is 0 Å². The maximum absolute atomic E-state index is 12.0. The van der Waals surface area contributed by atoms with Gasteiger partial charge in [0.1, 0.15) is 0 Å². The molecular formula is C22H36N2O3. The Bertz CT molecular complexity index is 606. The van der Waals surface area contributed by atoms with Gasteiger partial charge in [0.05, 0.1) is 12.1 Å². The molecule has 3 N–H and O–H groups in total. The van der Waals surface area contributed by atoms with Crippen LogP contribution in [0.5, 0.6) is 0 Å². The van der Waals surface area contributed by atoms with Gasteiger partial charge in [-0.2, -0.15) is 0 Å². The first-order chi connectivity index (χ1) is 12.5. The van der Waals surface area contributed by atoms with E-state index < -0.39 is 23.8 Å². The van der Waals surface area contributed by atoms with Crippen LogP contribution in [-0.2, 0) is 6.42 Å². The normalized spacial score (nSPS) is 18.2. The van der Waals surface area contributed by atoms with Crippen LogP contribution in [0.2, 0.25) is 0 Å². The monoisotopic (exact) mass is 376 g/mol. The van der Waals surface area contributed by atoms with Gasteiger partial charge < -0.3 is 15.5 Å². The van der Waals surface area contributed by atoms with Gasteiger partial charge >= 0.3 is 6.09 Å². The average molecular weight is 377 g/mol. The molecule has 1 aliphatic rings. The fraction of sp³-hybridized carbons (Fsp3) is 0.682. The molecule has 1 fully saturated rings. The van der Waals surface area contributed by atoms with Crippen LogP contribution in [0.15, 0.2) is 30.3 Å². The molecule has 0 aromatic heterocycles. The molecule has 0 bridgehead atoms. The summed E-state index contributed by atoms with van der Waals surface area (Å²) in [6.45, 7) is 10.5. The molecule has 1 amide bonds. The summed E-state index contributed by atoms with van der Waals surface area (Å²) in [5.41, 5.74) is 0.560. The Labute approximate surface area is 163 Å². The molecule has 1 aromatic rings. The van der Waals surface area contributed by atoms with Crippen LogP contribution in [0, 0.1) is 5.92 Å². The molecule has 27 heavy (non-hydrogen) atoms. The maximum atomic E-state index is 12.0. The van der Waals surface area contributed by atoms with E-state index in [1.807, 2.05) is 51.1 Å². The molecule has 1 aromatic carbocycles. The number of amides is 1. The third kappa shape index (κ3) is 6.22. The first kappa shape index (κ1) is 21.7. The zero-order chi connectivity index (χ0) is 20.2. The Hall–Kier alpha value is -1.59. The molecule has 1 saturated carbocycles. The van der Waals surface area contributed by atoms with E-state index in [0.29, 0.717) is 18.9 Å². The lowest BCUT2D eigenvalue weighted by Crippen LogP contribution is -2.58. The van der Waals surface area contributed by atoms with Crippen molar-refractivity contribution in [3.8, 4) is 0 Å². The minimum Gasteiger partial charge on any atom is -0.465 e. The molecule has 152 valence electrons. The first-order valence-corrected chi connectivity index (χ1v) is 10.0. The first-order valence-electron chi connectivity index (χ1n) is 10.0. The average Bonchev–Trinajstić information content (AvgIpc) is 3.30. The summed E-state index contributed by atoms with van der Waals surface area (Å²) in [7, 11) is 0. The maximum Gasteiger partial charge on any atom is 0.408 e. The van der Waals surface area contributed by atoms with Crippen LogP contribution in [-0.4, -0.2) is 51.0 Å². The molecule has 0 saturated heterocycles. The Morgan fingerprint density at radius 3 is 2.26 bits per heavy atom. The molecule has 0 aliphatic heterocycles. The van der Waals surface area contributed by atoms with E-state index in [2.05, 4.69) is 19.2 Å². The largest absolute Gasteiger partial charge is 0.465 e. The number of β-amino-alcohol motifs (C(OH)–C–C–N with tert-alkyl or cyclic N) is 1. The highest BCUT2D eigenvalue weighted by Crippen LogP contribution is 2.41. The van der Waals surface area contributed by atoms with Crippen molar-refractivity contribution in [2.24, 2.45) is 5.92 Å². The van der Waals surface area contributed by atoms with Crippen molar-refractivity contribution in [2.75, 3.05) is 6.54 Å². The third-order valence-electron chi connectivity index (χ3n) is 5.33. The minimum absolute atomic E-state index is 0.127. The third-order valence-corrected chi connectivity index (χ3v) is 5.33. The smallest absolute Gasteiger partial charge is 0.408 e. The SMILES string of the molecule is CC(C)CC1(NC[C@H](O)[C@H](Cc2ccccc2)N(C(=O)O)C(C)(C)C)CC1. The summed E-state index contributed by atoms with van der Waals surface area (Å²) in [6, 6.07) is 9.29. The highest BCUT2D eigenvalue weighted by Gasteiger charge is 2.44. The summed E-state index contributed by atoms with van der Waals surface area (Å²) in [6.07, 6.45) is 2.07. The molecule has 1 aliphatic carbocycles. The van der Waals surface area contributed by atoms with Crippen molar-refractivity contribution >= 4 is 6.09 Å². The van der Waals surface area contributed by atoms with Gasteiger partial charge in [-0.3, -0.25) is 4.90 Å². The molecule has 0 radical (unpaired) electrons. The summed E-state index contributed by atoms with van der Waals surface area (Å²) in [5, 5.41) is 24.4. The van der Waals surface area contributed by atoms with E-state index in [4.69, 9.17) is 0 Å². The number of benzene rings is 1. The predicted molar refractivity (Wildman–Crippen MR) is 109 cm³/mol. The lowest BCUT2D eigenvalue weighted by molar-refractivity contribution is 0.00630. The highest BCUT2D eigenvalue weighted by atomic mass is 16.4. The predicted octanol–water partition coefficient (Wildman–Crippen LogP) is 3.91. The lowest BCUT2D eigenvalue weighted by atomic mass is 9.94. The van der Waals surface area contributed by atoms with Crippen LogP contribution in [0.3, 0.4) is 0 Å². The second-order valence-electron chi connectivity index (χ2n) is 9.41. The summed E-state index contributed by atoms with van der Waals surface area (Å²) >= 11 is 0. The molecular weight excluding hydrogens is 340 g/mol. The lowest BCUT2D eigenvalue weighted by Gasteiger charge is -2.42. The Morgan fingerprint density at radius 2 is 1.81 bits per heavy atom. The fourth-order valence-corrected chi connectivity index (χ4v) is 4.02. The summed E-state index contributed by atoms with van der Waals surface area (Å²) < 4.78 is 0. The number of aliphatic hydroxyl groups is 1. The fourth-order valence-electron chi connectivity index (χ4n) is 4.02. The zero-order valence-electron chi connectivity index (χ0n) is 17.4. The quantitative estimate of drug-likeness (QED) is 0.611. The number of rotatable bonds is 9. The van der Waals surface area contributed by atoms with Crippen molar-refractivity contribution in [1.82, 2.24) is 10.2 Å². The van der Waals surface area contributed by atoms with Crippen molar-refractivity contribution < 1.29 is 15.0 Å². The second-order valence-corrected chi connectivity index (χ2v) is 9.41. The van der Waals surface area contributed by atoms with Crippen molar-refractivity contribution in [2.45, 2.75) is 83.5 Å². The number of hydrogen-bond donors (Lipinski definition) is 3. The Kier molecular flexibility index (Phi) is 6.92. The molecule has 0 heterocycles. The van der Waals surface area contributed by atoms with E-state index >= 15 is 0 Å². The standard InChI is InChI=1S/C22H36N2O3/c1-16(2)14-22(11-12-22)23-15-19(25)18(13-17-9-7-6-8-10-17)24(20(26)27)21(3,4)5/h6-10,16,18-19,23,25H,11-15H2,1-5H3,(H,26,27)/t18-,19-/m0/s1. The van der Waals surface area contributed by atoms with Crippen molar-refractivity contribution in [1.29, 1.82) is 0 Å². The molecule has 5 nitrogen and oxygen atoms in total. The number of carbonyl (C=O) groups is 1. The second kappa shape index (κ2) is 8.61. The van der Waals surface area contributed by atoms with Gasteiger partial charge in [0, 0.05) is 17.6 Å². The van der Waals surface area contributed by atoms with Crippen LogP contribution in [0.25, 0.3) is 0 Å². The van der Waals surface area contributed by atoms with Crippen LogP contribution < -0.4 is 5.32 Å². The number of hydrogen-bond acceptors (Lipinski definition) is 3. The van der Waals surface area contributed by atoms with Gasteiger partial charge in [0.15, 0.2) is 0 Å². The van der Waals surface area contributed by atoms with E-state index in [-0.39, 0.29) is 5.54 Å². The van der Waals surface area contributed by atoms with E-state index in [1.54, 1.807) is 0 Å². The highest BCUT2D eigenvalue weighted by molar-refractivity contribution is 5.66. The van der Waals surface area contributed by atoms with E-state index in [1.165, 1.54) is 4.90 Å². The minimum atomic E-state index is -0.995. The van der Waals surface area contributed by atoms with Gasteiger partial charge in [-0.15, -0.1) is 0 Å². The Morgan fingerprint density at radius 1 is 1.22 bits per heavy atom. The molecule has 2 rings (SSSR count). The zero-order valence-corrected chi connectivity index (χ0v) is 17.4. The topological polar surface area (TPSA) is 72.8 Å². The van der Waals surface area contributed by atoms with E-state index in [9.17, 15) is 15.0 Å². The van der Waals surface area contributed by atoms with Gasteiger partial charge in [-0.1, -0.05) is 44.2 Å². The molecule has 2 atom stereocenters. The number of nitrogens with zero attached hydrogens (tertiary/aromatic N) is 1. The van der Waals surface area contributed by atoms with Crippen molar-refractivity contribution in [3.05, 3.63) is 35.9 Å². The van der Waals surface area contributed by atoms with Crippen LogP contribution in [0.4, 0.5) is 4.79 Å². The van der Waals surface area contributed by atoms with Gasteiger partial charge in [0.2, 0.25) is 0 Å². The molecule has 0 unspecified atom stereocenters. The van der Waals surface area contributed by atoms with Crippen molar-refractivity contribution in [3.63, 3.8) is 0 Å². The van der Waals surface area contributed by atoms with Crippen LogP contribution in [0.1, 0.15) is 59.4 Å².